The quantitative estimate of drug-likeness (QED) is 0.774. The molecule has 0 spiro atoms. The minimum atomic E-state index is -0.426. The second kappa shape index (κ2) is 4.73. The van der Waals surface area contributed by atoms with Gasteiger partial charge < -0.3 is 10.1 Å². The van der Waals surface area contributed by atoms with Gasteiger partial charge >= 0.3 is 5.97 Å². The predicted octanol–water partition coefficient (Wildman–Crippen LogP) is 2.35. The SMILES string of the molecule is Cc1cccc2c1CC(C(=O)OC(C)(C)C)NC2. The molecule has 0 aliphatic carbocycles. The van der Waals surface area contributed by atoms with Crippen LogP contribution >= 0.6 is 0 Å². The van der Waals surface area contributed by atoms with E-state index in [1.165, 1.54) is 16.7 Å². The van der Waals surface area contributed by atoms with Gasteiger partial charge in [0.1, 0.15) is 11.6 Å². The van der Waals surface area contributed by atoms with Gasteiger partial charge in [0.15, 0.2) is 0 Å². The highest BCUT2D eigenvalue weighted by Gasteiger charge is 2.28. The summed E-state index contributed by atoms with van der Waals surface area (Å²) in [7, 11) is 0. The zero-order valence-corrected chi connectivity index (χ0v) is 11.5. The lowest BCUT2D eigenvalue weighted by atomic mass is 9.92. The average molecular weight is 247 g/mol. The molecule has 3 heteroatoms. The van der Waals surface area contributed by atoms with Crippen molar-refractivity contribution in [1.82, 2.24) is 5.32 Å². The topological polar surface area (TPSA) is 38.3 Å². The first-order chi connectivity index (χ1) is 8.37. The molecule has 0 fully saturated rings. The van der Waals surface area contributed by atoms with Gasteiger partial charge in [-0.3, -0.25) is 4.79 Å². The molecule has 2 rings (SSSR count). The molecule has 1 N–H and O–H groups in total. The number of esters is 1. The molecule has 1 atom stereocenters. The van der Waals surface area contributed by atoms with Crippen LogP contribution in [-0.4, -0.2) is 17.6 Å². The molecule has 98 valence electrons. The number of carbonyl (C=O) groups is 1. The first kappa shape index (κ1) is 13.1. The molecule has 0 saturated carbocycles. The Bertz CT molecular complexity index is 460. The Balaban J connectivity index is 2.12. The van der Waals surface area contributed by atoms with Crippen LogP contribution in [0.1, 0.15) is 37.5 Å². The third-order valence-electron chi connectivity index (χ3n) is 3.15. The largest absolute Gasteiger partial charge is 0.459 e. The summed E-state index contributed by atoms with van der Waals surface area (Å²) >= 11 is 0. The molecular formula is C15H21NO2. The van der Waals surface area contributed by atoms with Gasteiger partial charge in [0, 0.05) is 6.54 Å². The summed E-state index contributed by atoms with van der Waals surface area (Å²) in [6.07, 6.45) is 0.719. The van der Waals surface area contributed by atoms with Crippen LogP contribution in [0.25, 0.3) is 0 Å². The average Bonchev–Trinajstić information content (AvgIpc) is 2.27. The number of benzene rings is 1. The second-order valence-corrected chi connectivity index (χ2v) is 5.88. The maximum Gasteiger partial charge on any atom is 0.324 e. The molecule has 0 radical (unpaired) electrons. The van der Waals surface area contributed by atoms with E-state index in [2.05, 4.69) is 30.4 Å². The minimum Gasteiger partial charge on any atom is -0.459 e. The second-order valence-electron chi connectivity index (χ2n) is 5.88. The van der Waals surface area contributed by atoms with Gasteiger partial charge in [0.25, 0.3) is 0 Å². The van der Waals surface area contributed by atoms with Crippen LogP contribution in [0.4, 0.5) is 0 Å². The molecule has 1 heterocycles. The van der Waals surface area contributed by atoms with Crippen LogP contribution in [0.15, 0.2) is 18.2 Å². The van der Waals surface area contributed by atoms with E-state index in [1.807, 2.05) is 20.8 Å². The smallest absolute Gasteiger partial charge is 0.324 e. The van der Waals surface area contributed by atoms with E-state index in [0.29, 0.717) is 0 Å². The molecule has 1 unspecified atom stereocenters. The summed E-state index contributed by atoms with van der Waals surface area (Å²) < 4.78 is 5.43. The van der Waals surface area contributed by atoms with Crippen molar-refractivity contribution in [1.29, 1.82) is 0 Å². The van der Waals surface area contributed by atoms with Gasteiger partial charge in [-0.1, -0.05) is 18.2 Å². The molecule has 0 amide bonds. The Hall–Kier alpha value is -1.35. The van der Waals surface area contributed by atoms with Crippen molar-refractivity contribution in [2.75, 3.05) is 0 Å². The zero-order chi connectivity index (χ0) is 13.3. The first-order valence-electron chi connectivity index (χ1n) is 6.40. The molecule has 1 aliphatic heterocycles. The summed E-state index contributed by atoms with van der Waals surface area (Å²) in [4.78, 5) is 12.1. The molecule has 3 nitrogen and oxygen atoms in total. The standard InChI is InChI=1S/C15H21NO2/c1-10-6-5-7-11-9-16-13(8-12(10)11)14(17)18-15(2,3)4/h5-7,13,16H,8-9H2,1-4H3. The van der Waals surface area contributed by atoms with Crippen LogP contribution < -0.4 is 5.32 Å². The number of rotatable bonds is 1. The normalized spacial score (nSPS) is 19.2. The van der Waals surface area contributed by atoms with E-state index < -0.39 is 5.60 Å². The molecule has 1 aromatic rings. The number of aryl methyl sites for hydroxylation is 1. The van der Waals surface area contributed by atoms with Gasteiger partial charge in [0.2, 0.25) is 0 Å². The summed E-state index contributed by atoms with van der Waals surface area (Å²) in [5.41, 5.74) is 3.40. The van der Waals surface area contributed by atoms with Crippen molar-refractivity contribution in [3.8, 4) is 0 Å². The van der Waals surface area contributed by atoms with Crippen molar-refractivity contribution in [3.05, 3.63) is 34.9 Å². The monoisotopic (exact) mass is 247 g/mol. The lowest BCUT2D eigenvalue weighted by Gasteiger charge is -2.29. The van der Waals surface area contributed by atoms with Crippen LogP contribution in [0.2, 0.25) is 0 Å². The third-order valence-corrected chi connectivity index (χ3v) is 3.15. The van der Waals surface area contributed by atoms with E-state index in [1.54, 1.807) is 0 Å². The Kier molecular flexibility index (Phi) is 3.44. The zero-order valence-electron chi connectivity index (χ0n) is 11.5. The summed E-state index contributed by atoms with van der Waals surface area (Å²) in [5.74, 6) is -0.156. The van der Waals surface area contributed by atoms with Crippen LogP contribution in [-0.2, 0) is 22.5 Å². The predicted molar refractivity (Wildman–Crippen MR) is 71.4 cm³/mol. The lowest BCUT2D eigenvalue weighted by Crippen LogP contribution is -2.45. The fourth-order valence-corrected chi connectivity index (χ4v) is 2.27. The number of fused-ring (bicyclic) bond motifs is 1. The molecule has 18 heavy (non-hydrogen) atoms. The molecule has 0 bridgehead atoms. The highest BCUT2D eigenvalue weighted by Crippen LogP contribution is 2.21. The van der Waals surface area contributed by atoms with Gasteiger partial charge in [0.05, 0.1) is 0 Å². The maximum atomic E-state index is 12.1. The molecule has 0 saturated heterocycles. The molecular weight excluding hydrogens is 226 g/mol. The van der Waals surface area contributed by atoms with Gasteiger partial charge in [-0.05, 0) is 50.8 Å². The molecule has 0 aromatic heterocycles. The van der Waals surface area contributed by atoms with Crippen molar-refractivity contribution in [3.63, 3.8) is 0 Å². The summed E-state index contributed by atoms with van der Waals surface area (Å²) in [6.45, 7) is 8.52. The van der Waals surface area contributed by atoms with E-state index in [-0.39, 0.29) is 12.0 Å². The van der Waals surface area contributed by atoms with Crippen LogP contribution in [0.3, 0.4) is 0 Å². The minimum absolute atomic E-state index is 0.156. The fourth-order valence-electron chi connectivity index (χ4n) is 2.27. The first-order valence-corrected chi connectivity index (χ1v) is 6.40. The maximum absolute atomic E-state index is 12.1. The highest BCUT2D eigenvalue weighted by molar-refractivity contribution is 5.77. The molecule has 1 aromatic carbocycles. The van der Waals surface area contributed by atoms with E-state index >= 15 is 0 Å². The lowest BCUT2D eigenvalue weighted by molar-refractivity contribution is -0.157. The highest BCUT2D eigenvalue weighted by atomic mass is 16.6. The van der Waals surface area contributed by atoms with Gasteiger partial charge in [-0.15, -0.1) is 0 Å². The number of hydrogen-bond acceptors (Lipinski definition) is 3. The van der Waals surface area contributed by atoms with Crippen molar-refractivity contribution in [2.24, 2.45) is 0 Å². The van der Waals surface area contributed by atoms with Gasteiger partial charge in [-0.2, -0.15) is 0 Å². The molecule has 1 aliphatic rings. The summed E-state index contributed by atoms with van der Waals surface area (Å²) in [6, 6.07) is 6.04. The van der Waals surface area contributed by atoms with E-state index in [9.17, 15) is 4.79 Å². The van der Waals surface area contributed by atoms with E-state index in [0.717, 1.165) is 13.0 Å². The number of carbonyl (C=O) groups excluding carboxylic acids is 1. The Labute approximate surface area is 109 Å². The van der Waals surface area contributed by atoms with Gasteiger partial charge in [-0.25, -0.2) is 0 Å². The van der Waals surface area contributed by atoms with Crippen molar-refractivity contribution < 1.29 is 9.53 Å². The van der Waals surface area contributed by atoms with E-state index in [4.69, 9.17) is 4.74 Å². The Morgan fingerprint density at radius 1 is 1.39 bits per heavy atom. The van der Waals surface area contributed by atoms with Crippen molar-refractivity contribution in [2.45, 2.75) is 52.3 Å². The number of ether oxygens (including phenoxy) is 1. The number of nitrogens with one attached hydrogen (secondary N) is 1. The Morgan fingerprint density at radius 2 is 2.11 bits per heavy atom. The van der Waals surface area contributed by atoms with Crippen molar-refractivity contribution >= 4 is 5.97 Å². The fraction of sp³-hybridized carbons (Fsp3) is 0.533. The van der Waals surface area contributed by atoms with Crippen LogP contribution in [0.5, 0.6) is 0 Å². The van der Waals surface area contributed by atoms with Crippen LogP contribution in [0, 0.1) is 6.92 Å². The third kappa shape index (κ3) is 2.91. The Morgan fingerprint density at radius 3 is 2.78 bits per heavy atom. The number of hydrogen-bond donors (Lipinski definition) is 1. The summed E-state index contributed by atoms with van der Waals surface area (Å²) in [5, 5.41) is 3.25.